The highest BCUT2D eigenvalue weighted by atomic mass is 32.2. The van der Waals surface area contributed by atoms with E-state index in [1.165, 1.54) is 18.7 Å². The molecule has 162 valence electrons. The van der Waals surface area contributed by atoms with E-state index in [0.29, 0.717) is 12.2 Å². The van der Waals surface area contributed by atoms with E-state index in [4.69, 9.17) is 10.8 Å². The SMILES string of the molecule is CSCCC(NC(=O)C(N)CO)C(=O)NC(C)C(=O)NC(CC(C)C)C(=O)O. The molecule has 4 atom stereocenters. The van der Waals surface area contributed by atoms with Gasteiger partial charge in [-0.2, -0.15) is 11.8 Å². The second-order valence-corrected chi connectivity index (χ2v) is 7.88. The number of amides is 3. The second-order valence-electron chi connectivity index (χ2n) is 6.89. The van der Waals surface area contributed by atoms with Crippen molar-refractivity contribution in [2.24, 2.45) is 11.7 Å². The number of carbonyl (C=O) groups excluding carboxylic acids is 3. The number of aliphatic carboxylic acids is 1. The van der Waals surface area contributed by atoms with Crippen molar-refractivity contribution in [3.05, 3.63) is 0 Å². The van der Waals surface area contributed by atoms with Crippen molar-refractivity contribution in [2.75, 3.05) is 18.6 Å². The van der Waals surface area contributed by atoms with Gasteiger partial charge in [-0.05, 0) is 37.7 Å². The molecule has 0 aliphatic carbocycles. The van der Waals surface area contributed by atoms with Gasteiger partial charge in [0.05, 0.1) is 6.61 Å². The smallest absolute Gasteiger partial charge is 0.326 e. The summed E-state index contributed by atoms with van der Waals surface area (Å²) in [6, 6.07) is -4.14. The first kappa shape index (κ1) is 26.1. The fourth-order valence-electron chi connectivity index (χ4n) is 2.24. The van der Waals surface area contributed by atoms with Crippen molar-refractivity contribution < 1.29 is 29.4 Å². The van der Waals surface area contributed by atoms with Crippen LogP contribution in [0.25, 0.3) is 0 Å². The Balaban J connectivity index is 4.95. The van der Waals surface area contributed by atoms with Crippen LogP contribution in [-0.2, 0) is 19.2 Å². The predicted octanol–water partition coefficient (Wildman–Crippen LogP) is -1.34. The Morgan fingerprint density at radius 3 is 2.00 bits per heavy atom. The molecule has 7 N–H and O–H groups in total. The van der Waals surface area contributed by atoms with Crippen LogP contribution in [0.5, 0.6) is 0 Å². The number of carboxylic acids is 1. The van der Waals surface area contributed by atoms with E-state index in [-0.39, 0.29) is 12.3 Å². The Bertz CT molecular complexity index is 546. The first-order valence-electron chi connectivity index (χ1n) is 9.02. The zero-order valence-corrected chi connectivity index (χ0v) is 17.5. The van der Waals surface area contributed by atoms with Crippen LogP contribution in [0, 0.1) is 5.92 Å². The molecule has 0 saturated carbocycles. The van der Waals surface area contributed by atoms with Crippen LogP contribution in [0.1, 0.15) is 33.6 Å². The number of nitrogens with two attached hydrogens (primary N) is 1. The summed E-state index contributed by atoms with van der Waals surface area (Å²) in [7, 11) is 0. The molecule has 0 radical (unpaired) electrons. The number of aliphatic hydroxyl groups excluding tert-OH is 1. The minimum Gasteiger partial charge on any atom is -0.480 e. The molecule has 3 amide bonds. The average Bonchev–Trinajstić information content (AvgIpc) is 2.62. The van der Waals surface area contributed by atoms with Gasteiger partial charge in [0.1, 0.15) is 24.2 Å². The highest BCUT2D eigenvalue weighted by molar-refractivity contribution is 7.98. The molecule has 0 bridgehead atoms. The van der Waals surface area contributed by atoms with E-state index in [2.05, 4.69) is 16.0 Å². The van der Waals surface area contributed by atoms with Crippen LogP contribution in [0.3, 0.4) is 0 Å². The van der Waals surface area contributed by atoms with E-state index in [1.54, 1.807) is 0 Å². The topological polar surface area (TPSA) is 171 Å². The van der Waals surface area contributed by atoms with Crippen LogP contribution in [0.4, 0.5) is 0 Å². The predicted molar refractivity (Wildman–Crippen MR) is 107 cm³/mol. The summed E-state index contributed by atoms with van der Waals surface area (Å²) < 4.78 is 0. The van der Waals surface area contributed by atoms with Crippen LogP contribution in [0.15, 0.2) is 0 Å². The van der Waals surface area contributed by atoms with E-state index < -0.39 is 54.5 Å². The quantitative estimate of drug-likeness (QED) is 0.213. The first-order chi connectivity index (χ1) is 13.0. The van der Waals surface area contributed by atoms with Crippen LogP contribution in [-0.4, -0.2) is 76.7 Å². The fourth-order valence-corrected chi connectivity index (χ4v) is 2.71. The third-order valence-electron chi connectivity index (χ3n) is 3.85. The van der Waals surface area contributed by atoms with Crippen molar-refractivity contribution in [1.29, 1.82) is 0 Å². The molecule has 11 heteroatoms. The van der Waals surface area contributed by atoms with Crippen molar-refractivity contribution in [3.8, 4) is 0 Å². The Labute approximate surface area is 169 Å². The molecule has 0 fully saturated rings. The summed E-state index contributed by atoms with van der Waals surface area (Å²) in [4.78, 5) is 47.9. The molecular weight excluding hydrogens is 388 g/mol. The maximum atomic E-state index is 12.5. The molecule has 0 rings (SSSR count). The largest absolute Gasteiger partial charge is 0.480 e. The molecule has 0 heterocycles. The number of carboxylic acid groups (broad SMARTS) is 1. The van der Waals surface area contributed by atoms with Crippen LogP contribution in [0.2, 0.25) is 0 Å². The van der Waals surface area contributed by atoms with Gasteiger partial charge in [-0.25, -0.2) is 4.79 Å². The molecule has 0 aliphatic heterocycles. The van der Waals surface area contributed by atoms with Crippen LogP contribution >= 0.6 is 11.8 Å². The van der Waals surface area contributed by atoms with Gasteiger partial charge in [-0.3, -0.25) is 14.4 Å². The number of rotatable bonds is 13. The van der Waals surface area contributed by atoms with E-state index in [9.17, 15) is 24.3 Å². The number of carbonyl (C=O) groups is 4. The van der Waals surface area contributed by atoms with Gasteiger partial charge in [-0.15, -0.1) is 0 Å². The fraction of sp³-hybridized carbons (Fsp3) is 0.765. The molecule has 0 aromatic heterocycles. The van der Waals surface area contributed by atoms with Crippen LogP contribution < -0.4 is 21.7 Å². The maximum Gasteiger partial charge on any atom is 0.326 e. The highest BCUT2D eigenvalue weighted by Gasteiger charge is 2.28. The number of aliphatic hydroxyl groups is 1. The zero-order valence-electron chi connectivity index (χ0n) is 16.7. The van der Waals surface area contributed by atoms with Crippen molar-refractivity contribution in [1.82, 2.24) is 16.0 Å². The molecule has 0 aromatic rings. The Hall–Kier alpha value is -1.85. The Kier molecular flexibility index (Phi) is 12.5. The molecule has 28 heavy (non-hydrogen) atoms. The maximum absolute atomic E-state index is 12.5. The molecule has 4 unspecified atom stereocenters. The Morgan fingerprint density at radius 1 is 0.964 bits per heavy atom. The standard InChI is InChI=1S/C17H32N4O6S/c1-9(2)7-13(17(26)27)21-14(23)10(3)19-16(25)12(5-6-28-4)20-15(24)11(18)8-22/h9-13,22H,5-8,18H2,1-4H3,(H,19,25)(H,20,24)(H,21,23)(H,26,27). The van der Waals surface area contributed by atoms with Crippen molar-refractivity contribution in [3.63, 3.8) is 0 Å². The van der Waals surface area contributed by atoms with Gasteiger partial charge in [0.2, 0.25) is 17.7 Å². The first-order valence-corrected chi connectivity index (χ1v) is 10.4. The third-order valence-corrected chi connectivity index (χ3v) is 4.49. The number of hydrogen-bond acceptors (Lipinski definition) is 7. The summed E-state index contributed by atoms with van der Waals surface area (Å²) in [5.41, 5.74) is 5.45. The monoisotopic (exact) mass is 420 g/mol. The van der Waals surface area contributed by atoms with Gasteiger partial charge in [0, 0.05) is 0 Å². The van der Waals surface area contributed by atoms with E-state index in [1.807, 2.05) is 20.1 Å². The average molecular weight is 421 g/mol. The van der Waals surface area contributed by atoms with E-state index in [0.717, 1.165) is 0 Å². The summed E-state index contributed by atoms with van der Waals surface area (Å²) in [6.45, 7) is 4.54. The van der Waals surface area contributed by atoms with Gasteiger partial charge in [-0.1, -0.05) is 13.8 Å². The minimum atomic E-state index is -1.15. The number of thioether (sulfide) groups is 1. The lowest BCUT2D eigenvalue weighted by Crippen LogP contribution is -2.56. The van der Waals surface area contributed by atoms with Gasteiger partial charge < -0.3 is 31.9 Å². The molecule has 0 aromatic carbocycles. The summed E-state index contributed by atoms with van der Waals surface area (Å²) in [5.74, 6) is -2.42. The lowest BCUT2D eigenvalue weighted by atomic mass is 10.0. The minimum absolute atomic E-state index is 0.0631. The molecule has 10 nitrogen and oxygen atoms in total. The molecule has 0 spiro atoms. The lowest BCUT2D eigenvalue weighted by molar-refractivity contribution is -0.142. The van der Waals surface area contributed by atoms with Gasteiger partial charge in [0.25, 0.3) is 0 Å². The normalized spacial score (nSPS) is 15.2. The molecule has 0 saturated heterocycles. The summed E-state index contributed by atoms with van der Waals surface area (Å²) in [5, 5.41) is 25.5. The van der Waals surface area contributed by atoms with Crippen molar-refractivity contribution >= 4 is 35.5 Å². The lowest BCUT2D eigenvalue weighted by Gasteiger charge is -2.23. The zero-order chi connectivity index (χ0) is 21.9. The highest BCUT2D eigenvalue weighted by Crippen LogP contribution is 2.06. The summed E-state index contributed by atoms with van der Waals surface area (Å²) >= 11 is 1.47. The molecule has 0 aliphatic rings. The Morgan fingerprint density at radius 2 is 1.54 bits per heavy atom. The van der Waals surface area contributed by atoms with E-state index >= 15 is 0 Å². The summed E-state index contributed by atoms with van der Waals surface area (Å²) in [6.07, 6.45) is 2.40. The van der Waals surface area contributed by atoms with Crippen molar-refractivity contribution in [2.45, 2.75) is 57.8 Å². The van der Waals surface area contributed by atoms with Gasteiger partial charge in [0.15, 0.2) is 0 Å². The third kappa shape index (κ3) is 9.90. The number of nitrogens with one attached hydrogen (secondary N) is 3. The second kappa shape index (κ2) is 13.3. The molecular formula is C17H32N4O6S. The van der Waals surface area contributed by atoms with Gasteiger partial charge >= 0.3 is 5.97 Å². The number of hydrogen-bond donors (Lipinski definition) is 6.